The SMILES string of the molecule is CN1CCN(c2cn(C3C(O)[C@@H](CO)O[C@@H](SC4OC(CO)C(O)C(n5cc(-c6cc(F)c(F)c(F)c6)nn5)C4O)C3O)nn2)CC1. The number of piperazine rings is 1. The highest BCUT2D eigenvalue weighted by Crippen LogP contribution is 2.42. The van der Waals surface area contributed by atoms with Gasteiger partial charge in [-0.2, -0.15) is 0 Å². The number of aliphatic hydroxyl groups is 6. The third-order valence-electron chi connectivity index (χ3n) is 8.69. The molecule has 8 unspecified atom stereocenters. The Kier molecular flexibility index (Phi) is 10.0. The lowest BCUT2D eigenvalue weighted by molar-refractivity contribution is -0.189. The van der Waals surface area contributed by atoms with E-state index in [-0.39, 0.29) is 11.3 Å². The highest BCUT2D eigenvalue weighted by molar-refractivity contribution is 8.00. The van der Waals surface area contributed by atoms with E-state index in [9.17, 15) is 43.8 Å². The zero-order chi connectivity index (χ0) is 33.6. The normalized spacial score (nSPS) is 33.8. The van der Waals surface area contributed by atoms with Crippen LogP contribution in [0.3, 0.4) is 0 Å². The van der Waals surface area contributed by atoms with Crippen LogP contribution in [0.2, 0.25) is 0 Å². The summed E-state index contributed by atoms with van der Waals surface area (Å²) in [4.78, 5) is 4.19. The van der Waals surface area contributed by atoms with Crippen LogP contribution >= 0.6 is 11.8 Å². The van der Waals surface area contributed by atoms with Gasteiger partial charge in [0.2, 0.25) is 0 Å². The van der Waals surface area contributed by atoms with E-state index in [2.05, 4.69) is 25.5 Å². The fraction of sp³-hybridized carbons (Fsp3) is 0.630. The smallest absolute Gasteiger partial charge is 0.194 e. The van der Waals surface area contributed by atoms with E-state index in [1.807, 2.05) is 11.9 Å². The van der Waals surface area contributed by atoms with Gasteiger partial charge < -0.3 is 49.9 Å². The number of thioether (sulfide) groups is 1. The zero-order valence-corrected chi connectivity index (χ0v) is 25.8. The van der Waals surface area contributed by atoms with E-state index in [0.29, 0.717) is 31.0 Å². The molecule has 3 saturated heterocycles. The second kappa shape index (κ2) is 13.9. The average molecular weight is 689 g/mol. The summed E-state index contributed by atoms with van der Waals surface area (Å²) in [6.07, 6.45) is -5.72. The molecule has 2 aromatic heterocycles. The maximum Gasteiger partial charge on any atom is 0.194 e. The minimum absolute atomic E-state index is 0.101. The molecule has 16 nitrogen and oxygen atoms in total. The number of nitrogens with zero attached hydrogens (tertiary/aromatic N) is 8. The third kappa shape index (κ3) is 6.58. The van der Waals surface area contributed by atoms with Gasteiger partial charge in [0.05, 0.1) is 25.6 Å². The Bertz CT molecular complexity index is 1510. The molecule has 3 aromatic rings. The Balaban J connectivity index is 1.23. The van der Waals surface area contributed by atoms with Crippen LogP contribution in [-0.2, 0) is 9.47 Å². The van der Waals surface area contributed by atoms with Crippen LogP contribution in [0.25, 0.3) is 11.3 Å². The number of anilines is 1. The summed E-state index contributed by atoms with van der Waals surface area (Å²) in [5.41, 5.74) is -2.78. The molecule has 6 rings (SSSR count). The van der Waals surface area contributed by atoms with Gasteiger partial charge in [0, 0.05) is 31.7 Å². The molecule has 47 heavy (non-hydrogen) atoms. The number of aromatic nitrogens is 6. The predicted octanol–water partition coefficient (Wildman–Crippen LogP) is -1.90. The van der Waals surface area contributed by atoms with E-state index in [1.165, 1.54) is 10.9 Å². The maximum atomic E-state index is 13.9. The van der Waals surface area contributed by atoms with Crippen molar-refractivity contribution in [3.8, 4) is 11.3 Å². The summed E-state index contributed by atoms with van der Waals surface area (Å²) in [5.74, 6) is -4.02. The minimum atomic E-state index is -1.66. The Hall–Kier alpha value is -2.92. The van der Waals surface area contributed by atoms with Gasteiger partial charge in [0.15, 0.2) is 23.3 Å². The number of ether oxygens (including phenoxy) is 2. The first kappa shape index (κ1) is 34.0. The molecule has 3 fully saturated rings. The minimum Gasteiger partial charge on any atom is -0.394 e. The number of benzene rings is 1. The Morgan fingerprint density at radius 1 is 0.766 bits per heavy atom. The number of hydrogen-bond donors (Lipinski definition) is 6. The lowest BCUT2D eigenvalue weighted by atomic mass is 9.97. The average Bonchev–Trinajstić information content (AvgIpc) is 3.74. The molecule has 258 valence electrons. The van der Waals surface area contributed by atoms with E-state index < -0.39 is 90.2 Å². The molecule has 5 heterocycles. The fourth-order valence-corrected chi connectivity index (χ4v) is 7.29. The Morgan fingerprint density at radius 2 is 1.28 bits per heavy atom. The Morgan fingerprint density at radius 3 is 1.81 bits per heavy atom. The molecular formula is C27H35F3N8O8S. The van der Waals surface area contributed by atoms with Crippen LogP contribution in [0.15, 0.2) is 24.5 Å². The molecule has 10 atom stereocenters. The number of rotatable bonds is 8. The molecule has 0 radical (unpaired) electrons. The summed E-state index contributed by atoms with van der Waals surface area (Å²) in [7, 11) is 2.01. The molecule has 3 aliphatic heterocycles. The Labute approximate surface area is 269 Å². The molecule has 20 heteroatoms. The van der Waals surface area contributed by atoms with Crippen LogP contribution < -0.4 is 4.90 Å². The molecular weight excluding hydrogens is 653 g/mol. The first-order chi connectivity index (χ1) is 22.5. The van der Waals surface area contributed by atoms with Crippen molar-refractivity contribution in [1.82, 2.24) is 34.9 Å². The van der Waals surface area contributed by atoms with Crippen LogP contribution in [-0.4, -0.2) is 159 Å². The lowest BCUT2D eigenvalue weighted by Gasteiger charge is -2.46. The number of aliphatic hydroxyl groups excluding tert-OH is 6. The van der Waals surface area contributed by atoms with Gasteiger partial charge in [-0.1, -0.05) is 22.2 Å². The molecule has 0 bridgehead atoms. The summed E-state index contributed by atoms with van der Waals surface area (Å²) >= 11 is 0.772. The fourth-order valence-electron chi connectivity index (χ4n) is 5.97. The standard InChI is InChI=1S/C27H35F3N8O8S/c1-35-2-4-36(5-3-35)18-9-38(34-32-18)21-23(42)17(11-40)46-27(25(21)44)47-26-24(43)20(22(41)16(10-39)45-26)37-8-15(31-33-37)12-6-13(28)19(30)14(29)7-12/h6-9,16-17,20-27,39-44H,2-5,10-11H2,1H3/t16?,17-,20?,21?,22?,23?,24?,25?,26?,27+/m1/s1. The summed E-state index contributed by atoms with van der Waals surface area (Å²) in [6, 6.07) is -1.03. The van der Waals surface area contributed by atoms with Gasteiger partial charge in [-0.25, -0.2) is 22.5 Å². The van der Waals surface area contributed by atoms with Crippen molar-refractivity contribution in [2.24, 2.45) is 0 Å². The number of halogens is 3. The van der Waals surface area contributed by atoms with Crippen molar-refractivity contribution < 1.29 is 53.3 Å². The molecule has 0 saturated carbocycles. The number of hydrogen-bond acceptors (Lipinski definition) is 15. The van der Waals surface area contributed by atoms with E-state index >= 15 is 0 Å². The monoisotopic (exact) mass is 688 g/mol. The predicted molar refractivity (Wildman–Crippen MR) is 156 cm³/mol. The molecule has 0 aliphatic carbocycles. The van der Waals surface area contributed by atoms with Gasteiger partial charge >= 0.3 is 0 Å². The topological polar surface area (TPSA) is 208 Å². The van der Waals surface area contributed by atoms with Crippen molar-refractivity contribution in [2.45, 2.75) is 59.6 Å². The van der Waals surface area contributed by atoms with Crippen LogP contribution in [0.5, 0.6) is 0 Å². The molecule has 0 spiro atoms. The molecule has 3 aliphatic rings. The third-order valence-corrected chi connectivity index (χ3v) is 10.0. The largest absolute Gasteiger partial charge is 0.394 e. The van der Waals surface area contributed by atoms with Crippen molar-refractivity contribution in [3.63, 3.8) is 0 Å². The van der Waals surface area contributed by atoms with Gasteiger partial charge in [0.1, 0.15) is 65.3 Å². The lowest BCUT2D eigenvalue weighted by Crippen LogP contribution is -2.58. The highest BCUT2D eigenvalue weighted by Gasteiger charge is 2.51. The van der Waals surface area contributed by atoms with E-state index in [0.717, 1.165) is 29.5 Å². The van der Waals surface area contributed by atoms with Crippen LogP contribution in [0.1, 0.15) is 12.1 Å². The van der Waals surface area contributed by atoms with Gasteiger partial charge in [-0.05, 0) is 19.2 Å². The van der Waals surface area contributed by atoms with Crippen LogP contribution in [0, 0.1) is 17.5 Å². The van der Waals surface area contributed by atoms with Crippen molar-refractivity contribution >= 4 is 17.6 Å². The second-order valence-electron chi connectivity index (χ2n) is 11.7. The second-order valence-corrected chi connectivity index (χ2v) is 12.9. The molecule has 6 N–H and O–H groups in total. The van der Waals surface area contributed by atoms with Gasteiger partial charge in [-0.3, -0.25) is 0 Å². The summed E-state index contributed by atoms with van der Waals surface area (Å²) in [6.45, 7) is 1.71. The van der Waals surface area contributed by atoms with Gasteiger partial charge in [-0.15, -0.1) is 10.2 Å². The summed E-state index contributed by atoms with van der Waals surface area (Å²) < 4.78 is 55.1. The van der Waals surface area contributed by atoms with Crippen molar-refractivity contribution in [2.75, 3.05) is 51.3 Å². The van der Waals surface area contributed by atoms with Gasteiger partial charge in [0.25, 0.3) is 0 Å². The van der Waals surface area contributed by atoms with Crippen LogP contribution in [0.4, 0.5) is 19.0 Å². The van der Waals surface area contributed by atoms with E-state index in [1.54, 1.807) is 6.20 Å². The molecule has 1 aromatic carbocycles. The molecule has 0 amide bonds. The number of likely N-dealkylation sites (N-methyl/N-ethyl adjacent to an activating group) is 1. The maximum absolute atomic E-state index is 13.9. The van der Waals surface area contributed by atoms with E-state index in [4.69, 9.17) is 9.47 Å². The highest BCUT2D eigenvalue weighted by atomic mass is 32.2. The quantitative estimate of drug-likeness (QED) is 0.143. The van der Waals surface area contributed by atoms with Crippen molar-refractivity contribution in [3.05, 3.63) is 42.0 Å². The summed E-state index contributed by atoms with van der Waals surface area (Å²) in [5, 5.41) is 80.9. The zero-order valence-electron chi connectivity index (χ0n) is 24.9. The first-order valence-corrected chi connectivity index (χ1v) is 15.8. The first-order valence-electron chi connectivity index (χ1n) is 14.8. The van der Waals surface area contributed by atoms with Crippen molar-refractivity contribution in [1.29, 1.82) is 0 Å².